The molecule has 0 amide bonds. The molecule has 5 heteroatoms. The molecule has 0 aromatic heterocycles. The van der Waals surface area contributed by atoms with Gasteiger partial charge >= 0.3 is 11.9 Å². The van der Waals surface area contributed by atoms with Gasteiger partial charge in [-0.2, -0.15) is 0 Å². The van der Waals surface area contributed by atoms with E-state index >= 15 is 0 Å². The maximum absolute atomic E-state index is 12.2. The zero-order valence-corrected chi connectivity index (χ0v) is 32.2. The van der Waals surface area contributed by atoms with E-state index in [-0.39, 0.29) is 31.6 Å². The summed E-state index contributed by atoms with van der Waals surface area (Å²) in [7, 11) is 0. The van der Waals surface area contributed by atoms with Crippen LogP contribution in [0.5, 0.6) is 0 Å². The van der Waals surface area contributed by atoms with Gasteiger partial charge in [0.1, 0.15) is 6.61 Å². The Morgan fingerprint density at radius 1 is 0.469 bits per heavy atom. The molecular formula is C44H78O5. The number of hydrogen-bond acceptors (Lipinski definition) is 5. The van der Waals surface area contributed by atoms with E-state index in [1.807, 2.05) is 0 Å². The van der Waals surface area contributed by atoms with Gasteiger partial charge in [-0.25, -0.2) is 0 Å². The van der Waals surface area contributed by atoms with E-state index in [1.54, 1.807) is 0 Å². The third kappa shape index (κ3) is 38.5. The van der Waals surface area contributed by atoms with Gasteiger partial charge in [-0.05, 0) is 51.4 Å². The molecule has 0 aromatic carbocycles. The van der Waals surface area contributed by atoms with E-state index in [4.69, 9.17) is 9.47 Å². The molecule has 1 N–H and O–H groups in total. The molecule has 49 heavy (non-hydrogen) atoms. The van der Waals surface area contributed by atoms with E-state index in [0.717, 1.165) is 44.9 Å². The molecule has 0 rings (SSSR count). The first kappa shape index (κ1) is 46.9. The van der Waals surface area contributed by atoms with Crippen molar-refractivity contribution in [2.24, 2.45) is 0 Å². The van der Waals surface area contributed by atoms with Crippen LogP contribution in [0.2, 0.25) is 0 Å². The SMILES string of the molecule is CCCCCCCCC/C=C/C/C=C/C/C=C/C/C=C/CCCC(=O)O[C@@H](CO)COC(=O)CCCCCCCCCCCCCCCC. The summed E-state index contributed by atoms with van der Waals surface area (Å²) in [4.78, 5) is 24.2. The van der Waals surface area contributed by atoms with Crippen molar-refractivity contribution in [2.75, 3.05) is 13.2 Å². The van der Waals surface area contributed by atoms with Crippen LogP contribution in [0, 0.1) is 0 Å². The van der Waals surface area contributed by atoms with Gasteiger partial charge in [0.05, 0.1) is 6.61 Å². The minimum absolute atomic E-state index is 0.0862. The first-order valence-electron chi connectivity index (χ1n) is 20.7. The van der Waals surface area contributed by atoms with Crippen molar-refractivity contribution in [3.8, 4) is 0 Å². The molecule has 0 bridgehead atoms. The van der Waals surface area contributed by atoms with Crippen molar-refractivity contribution in [2.45, 2.75) is 206 Å². The molecular weight excluding hydrogens is 608 g/mol. The topological polar surface area (TPSA) is 72.8 Å². The summed E-state index contributed by atoms with van der Waals surface area (Å²) >= 11 is 0. The lowest BCUT2D eigenvalue weighted by atomic mass is 10.0. The van der Waals surface area contributed by atoms with Crippen LogP contribution >= 0.6 is 0 Å². The van der Waals surface area contributed by atoms with Gasteiger partial charge in [-0.3, -0.25) is 9.59 Å². The fourth-order valence-electron chi connectivity index (χ4n) is 5.72. The molecule has 0 spiro atoms. The Hall–Kier alpha value is -2.14. The van der Waals surface area contributed by atoms with Crippen LogP contribution < -0.4 is 0 Å². The maximum Gasteiger partial charge on any atom is 0.306 e. The predicted molar refractivity (Wildman–Crippen MR) is 210 cm³/mol. The fraction of sp³-hybridized carbons (Fsp3) is 0.773. The average molecular weight is 687 g/mol. The van der Waals surface area contributed by atoms with Crippen molar-refractivity contribution >= 4 is 11.9 Å². The quantitative estimate of drug-likeness (QED) is 0.0400. The number of esters is 2. The summed E-state index contributed by atoms with van der Waals surface area (Å²) in [6, 6.07) is 0. The lowest BCUT2D eigenvalue weighted by molar-refractivity contribution is -0.161. The van der Waals surface area contributed by atoms with Crippen LogP contribution in [0.15, 0.2) is 48.6 Å². The van der Waals surface area contributed by atoms with Crippen molar-refractivity contribution in [1.82, 2.24) is 0 Å². The van der Waals surface area contributed by atoms with Gasteiger partial charge in [0.2, 0.25) is 0 Å². The molecule has 284 valence electrons. The van der Waals surface area contributed by atoms with E-state index < -0.39 is 6.10 Å². The lowest BCUT2D eigenvalue weighted by Gasteiger charge is -2.15. The highest BCUT2D eigenvalue weighted by molar-refractivity contribution is 5.70. The van der Waals surface area contributed by atoms with Crippen LogP contribution in [-0.4, -0.2) is 36.4 Å². The Labute approximate surface area is 303 Å². The van der Waals surface area contributed by atoms with Crippen molar-refractivity contribution < 1.29 is 24.2 Å². The molecule has 5 nitrogen and oxygen atoms in total. The van der Waals surface area contributed by atoms with E-state index in [0.29, 0.717) is 12.8 Å². The largest absolute Gasteiger partial charge is 0.462 e. The molecule has 0 unspecified atom stereocenters. The van der Waals surface area contributed by atoms with Crippen molar-refractivity contribution in [3.63, 3.8) is 0 Å². The first-order chi connectivity index (χ1) is 24.1. The average Bonchev–Trinajstić information content (AvgIpc) is 3.10. The van der Waals surface area contributed by atoms with Gasteiger partial charge in [0.15, 0.2) is 6.10 Å². The number of hydrogen-bond donors (Lipinski definition) is 1. The predicted octanol–water partition coefficient (Wildman–Crippen LogP) is 13.0. The Morgan fingerprint density at radius 3 is 1.29 bits per heavy atom. The normalized spacial score (nSPS) is 12.6. The number of allylic oxidation sites excluding steroid dienone is 8. The number of ether oxygens (including phenoxy) is 2. The minimum atomic E-state index is -0.798. The molecule has 1 atom stereocenters. The number of carbonyl (C=O) groups is 2. The summed E-state index contributed by atoms with van der Waals surface area (Å²) in [6.45, 7) is 4.09. The Balaban J connectivity index is 3.65. The summed E-state index contributed by atoms with van der Waals surface area (Å²) in [5.74, 6) is -0.653. The second kappa shape index (κ2) is 40.3. The van der Waals surface area contributed by atoms with Crippen LogP contribution in [0.3, 0.4) is 0 Å². The minimum Gasteiger partial charge on any atom is -0.462 e. The third-order valence-electron chi connectivity index (χ3n) is 8.88. The standard InChI is InChI=1S/C44H78O5/c1-3-5-7-9-11-13-15-17-19-20-21-22-23-24-25-27-29-31-33-35-37-39-44(47)49-42(40-45)41-48-43(46)38-36-34-32-30-28-26-18-16-14-12-10-8-6-4-2/h19-20,22-23,25,27,31,33,42,45H,3-18,21,24,26,28-30,32,34-41H2,1-2H3/b20-19+,23-22+,27-25+,33-31+/t42-/m0/s1. The summed E-state index contributed by atoms with van der Waals surface area (Å²) in [5.41, 5.74) is 0. The highest BCUT2D eigenvalue weighted by Gasteiger charge is 2.16. The summed E-state index contributed by atoms with van der Waals surface area (Å²) in [6.07, 6.45) is 50.4. The molecule has 0 aliphatic rings. The number of aliphatic hydroxyl groups is 1. The van der Waals surface area contributed by atoms with Crippen LogP contribution in [-0.2, 0) is 19.1 Å². The molecule has 0 saturated carbocycles. The van der Waals surface area contributed by atoms with E-state index in [1.165, 1.54) is 122 Å². The lowest BCUT2D eigenvalue weighted by Crippen LogP contribution is -2.28. The molecule has 0 fully saturated rings. The van der Waals surface area contributed by atoms with E-state index in [2.05, 4.69) is 62.5 Å². The van der Waals surface area contributed by atoms with Gasteiger partial charge < -0.3 is 14.6 Å². The molecule has 0 heterocycles. The van der Waals surface area contributed by atoms with E-state index in [9.17, 15) is 14.7 Å². The third-order valence-corrected chi connectivity index (χ3v) is 8.88. The van der Waals surface area contributed by atoms with Gasteiger partial charge in [-0.1, -0.05) is 184 Å². The fourth-order valence-corrected chi connectivity index (χ4v) is 5.72. The molecule has 0 aliphatic heterocycles. The van der Waals surface area contributed by atoms with Crippen molar-refractivity contribution in [1.29, 1.82) is 0 Å². The van der Waals surface area contributed by atoms with Crippen molar-refractivity contribution in [3.05, 3.63) is 48.6 Å². The second-order valence-electron chi connectivity index (χ2n) is 13.7. The van der Waals surface area contributed by atoms with Crippen LogP contribution in [0.1, 0.15) is 200 Å². The molecule has 0 saturated heterocycles. The zero-order chi connectivity index (χ0) is 35.7. The summed E-state index contributed by atoms with van der Waals surface area (Å²) < 4.78 is 10.6. The first-order valence-corrected chi connectivity index (χ1v) is 20.7. The Morgan fingerprint density at radius 2 is 0.837 bits per heavy atom. The monoisotopic (exact) mass is 687 g/mol. The van der Waals surface area contributed by atoms with Gasteiger partial charge in [-0.15, -0.1) is 0 Å². The Bertz CT molecular complexity index is 827. The van der Waals surface area contributed by atoms with Gasteiger partial charge in [0, 0.05) is 12.8 Å². The second-order valence-corrected chi connectivity index (χ2v) is 13.7. The summed E-state index contributed by atoms with van der Waals surface area (Å²) in [5, 5.41) is 9.55. The van der Waals surface area contributed by atoms with Crippen LogP contribution in [0.25, 0.3) is 0 Å². The van der Waals surface area contributed by atoms with Crippen LogP contribution in [0.4, 0.5) is 0 Å². The molecule has 0 aliphatic carbocycles. The number of carbonyl (C=O) groups excluding carboxylic acids is 2. The smallest absolute Gasteiger partial charge is 0.306 e. The molecule has 0 radical (unpaired) electrons. The number of rotatable bonds is 37. The zero-order valence-electron chi connectivity index (χ0n) is 32.2. The highest BCUT2D eigenvalue weighted by Crippen LogP contribution is 2.14. The highest BCUT2D eigenvalue weighted by atomic mass is 16.6. The van der Waals surface area contributed by atoms with Gasteiger partial charge in [0.25, 0.3) is 0 Å². The maximum atomic E-state index is 12.2. The number of aliphatic hydroxyl groups excluding tert-OH is 1. The Kier molecular flexibility index (Phi) is 38.5. The molecule has 0 aromatic rings. The number of unbranched alkanes of at least 4 members (excludes halogenated alkanes) is 21.